The second-order valence-electron chi connectivity index (χ2n) is 4.48. The molecule has 0 radical (unpaired) electrons. The topological polar surface area (TPSA) is 63.2 Å². The van der Waals surface area contributed by atoms with E-state index in [1.54, 1.807) is 30.3 Å². The largest absolute Gasteiger partial charge is 0.326 e. The molecule has 21 heavy (non-hydrogen) atoms. The Kier molecular flexibility index (Phi) is 4.65. The van der Waals surface area contributed by atoms with Crippen molar-refractivity contribution >= 4 is 33.0 Å². The zero-order valence-corrected chi connectivity index (χ0v) is 12.9. The zero-order valence-electron chi connectivity index (χ0n) is 11.3. The lowest BCUT2D eigenvalue weighted by molar-refractivity contribution is -0.114. The van der Waals surface area contributed by atoms with Crippen LogP contribution in [0.25, 0.3) is 0 Å². The highest BCUT2D eigenvalue weighted by atomic mass is 35.5. The molecule has 0 heterocycles. The molecule has 1 atom stereocenters. The van der Waals surface area contributed by atoms with Crippen molar-refractivity contribution in [1.82, 2.24) is 0 Å². The van der Waals surface area contributed by atoms with Gasteiger partial charge in [0.2, 0.25) is 5.91 Å². The second kappa shape index (κ2) is 6.28. The highest BCUT2D eigenvalue weighted by Gasteiger charge is 2.26. The van der Waals surface area contributed by atoms with E-state index >= 15 is 0 Å². The summed E-state index contributed by atoms with van der Waals surface area (Å²) >= 11 is 6.10. The normalized spacial score (nSPS) is 12.7. The molecular weight excluding hydrogens is 310 g/mol. The lowest BCUT2D eigenvalue weighted by atomic mass is 10.2. The monoisotopic (exact) mass is 323 g/mol. The van der Waals surface area contributed by atoms with Crippen molar-refractivity contribution in [2.45, 2.75) is 16.5 Å². The molecule has 0 aliphatic heterocycles. The molecule has 1 unspecified atom stereocenters. The third-order valence-electron chi connectivity index (χ3n) is 2.84. The van der Waals surface area contributed by atoms with Crippen LogP contribution < -0.4 is 5.32 Å². The Bertz CT molecular complexity index is 727. The number of carbonyl (C=O) groups is 1. The molecule has 0 aliphatic rings. The fourth-order valence-electron chi connectivity index (χ4n) is 1.83. The van der Waals surface area contributed by atoms with Crippen LogP contribution in [0.3, 0.4) is 0 Å². The molecule has 0 aromatic heterocycles. The molecule has 1 N–H and O–H groups in total. The third-order valence-corrected chi connectivity index (χ3v) is 5.54. The van der Waals surface area contributed by atoms with Crippen LogP contribution in [0.4, 0.5) is 5.69 Å². The number of alkyl halides is 1. The van der Waals surface area contributed by atoms with E-state index in [1.807, 2.05) is 0 Å². The van der Waals surface area contributed by atoms with E-state index in [2.05, 4.69) is 5.32 Å². The van der Waals surface area contributed by atoms with Crippen LogP contribution in [0.1, 0.15) is 17.2 Å². The highest BCUT2D eigenvalue weighted by molar-refractivity contribution is 7.92. The number of halogens is 1. The van der Waals surface area contributed by atoms with Gasteiger partial charge in [-0.2, -0.15) is 0 Å². The Balaban J connectivity index is 2.29. The first-order valence-corrected chi connectivity index (χ1v) is 8.20. The number of nitrogens with one attached hydrogen (secondary N) is 1. The predicted molar refractivity (Wildman–Crippen MR) is 83.0 cm³/mol. The number of hydrogen-bond donors (Lipinski definition) is 1. The number of hydrogen-bond acceptors (Lipinski definition) is 3. The number of sulfone groups is 1. The molecular formula is C15H14ClNO3S. The molecule has 2 aromatic carbocycles. The molecule has 110 valence electrons. The summed E-state index contributed by atoms with van der Waals surface area (Å²) in [7, 11) is -3.68. The Morgan fingerprint density at radius 1 is 1.05 bits per heavy atom. The van der Waals surface area contributed by atoms with Crippen LogP contribution >= 0.6 is 11.6 Å². The van der Waals surface area contributed by atoms with Crippen LogP contribution in [0.2, 0.25) is 0 Å². The van der Waals surface area contributed by atoms with E-state index in [1.165, 1.54) is 31.2 Å². The lowest BCUT2D eigenvalue weighted by Crippen LogP contribution is -2.09. The smallest absolute Gasteiger partial charge is 0.221 e. The number of rotatable bonds is 4. The van der Waals surface area contributed by atoms with E-state index in [4.69, 9.17) is 11.6 Å². The fraction of sp³-hybridized carbons (Fsp3) is 0.133. The minimum absolute atomic E-state index is 0.112. The number of carbonyl (C=O) groups excluding carboxylic acids is 1. The molecule has 6 heteroatoms. The van der Waals surface area contributed by atoms with E-state index in [0.29, 0.717) is 11.3 Å². The highest BCUT2D eigenvalue weighted by Crippen LogP contribution is 2.32. The van der Waals surface area contributed by atoms with Gasteiger partial charge in [-0.15, -0.1) is 0 Å². The molecule has 2 aromatic rings. The Labute approximate surface area is 128 Å². The minimum Gasteiger partial charge on any atom is -0.326 e. The molecule has 0 spiro atoms. The van der Waals surface area contributed by atoms with Gasteiger partial charge in [0, 0.05) is 12.6 Å². The zero-order chi connectivity index (χ0) is 15.5. The first kappa shape index (κ1) is 15.5. The molecule has 0 saturated heterocycles. The van der Waals surface area contributed by atoms with Crippen molar-refractivity contribution in [2.24, 2.45) is 0 Å². The maximum Gasteiger partial charge on any atom is 0.221 e. The van der Waals surface area contributed by atoms with Crippen molar-refractivity contribution in [1.29, 1.82) is 0 Å². The van der Waals surface area contributed by atoms with Gasteiger partial charge >= 0.3 is 0 Å². The average molecular weight is 324 g/mol. The summed E-state index contributed by atoms with van der Waals surface area (Å²) in [6.45, 7) is 1.38. The third kappa shape index (κ3) is 3.62. The van der Waals surface area contributed by atoms with Crippen LogP contribution in [-0.2, 0) is 14.6 Å². The average Bonchev–Trinajstić information content (AvgIpc) is 2.47. The second-order valence-corrected chi connectivity index (χ2v) is 7.21. The summed E-state index contributed by atoms with van der Waals surface area (Å²) < 4.78 is 23.7. The Morgan fingerprint density at radius 2 is 1.62 bits per heavy atom. The molecule has 0 bridgehead atoms. The molecule has 1 amide bonds. The van der Waals surface area contributed by atoms with Crippen molar-refractivity contribution in [3.8, 4) is 0 Å². The van der Waals surface area contributed by atoms with Gasteiger partial charge in [-0.3, -0.25) is 4.79 Å². The standard InChI is InChI=1S/C15H14ClNO3S/c1-11(18)17-13-7-9-14(10-8-13)21(19,20)15(16)12-5-3-2-4-6-12/h2-10,15H,1H3,(H,17,18). The summed E-state index contributed by atoms with van der Waals surface area (Å²) in [6.07, 6.45) is 0. The lowest BCUT2D eigenvalue weighted by Gasteiger charge is -2.12. The van der Waals surface area contributed by atoms with Gasteiger partial charge in [0.25, 0.3) is 0 Å². The van der Waals surface area contributed by atoms with Gasteiger partial charge in [0.15, 0.2) is 14.5 Å². The Morgan fingerprint density at radius 3 is 2.14 bits per heavy atom. The summed E-state index contributed by atoms with van der Waals surface area (Å²) in [4.78, 5) is 11.0. The van der Waals surface area contributed by atoms with Crippen molar-refractivity contribution < 1.29 is 13.2 Å². The molecule has 0 saturated carbocycles. The van der Waals surface area contributed by atoms with Crippen LogP contribution in [0, 0.1) is 0 Å². The number of anilines is 1. The van der Waals surface area contributed by atoms with Gasteiger partial charge < -0.3 is 5.32 Å². The summed E-state index contributed by atoms with van der Waals surface area (Å²) in [6, 6.07) is 14.5. The summed E-state index contributed by atoms with van der Waals surface area (Å²) in [5.41, 5.74) is 1.05. The quantitative estimate of drug-likeness (QED) is 0.877. The maximum atomic E-state index is 12.4. The van der Waals surface area contributed by atoms with Gasteiger partial charge in [-0.1, -0.05) is 41.9 Å². The number of amides is 1. The van der Waals surface area contributed by atoms with Crippen LogP contribution in [-0.4, -0.2) is 14.3 Å². The number of benzene rings is 2. The van der Waals surface area contributed by atoms with Crippen LogP contribution in [0.5, 0.6) is 0 Å². The summed E-state index contributed by atoms with van der Waals surface area (Å²) in [5, 5.41) is 2.58. The van der Waals surface area contributed by atoms with Crippen LogP contribution in [0.15, 0.2) is 59.5 Å². The minimum atomic E-state index is -3.68. The first-order valence-electron chi connectivity index (χ1n) is 6.22. The SMILES string of the molecule is CC(=O)Nc1ccc(S(=O)(=O)C(Cl)c2ccccc2)cc1. The van der Waals surface area contributed by atoms with Crippen molar-refractivity contribution in [3.05, 3.63) is 60.2 Å². The molecule has 4 nitrogen and oxygen atoms in total. The maximum absolute atomic E-state index is 12.4. The first-order chi connectivity index (χ1) is 9.91. The summed E-state index contributed by atoms with van der Waals surface area (Å²) in [5.74, 6) is -0.217. The molecule has 0 aliphatic carbocycles. The fourth-order valence-corrected chi connectivity index (χ4v) is 3.56. The molecule has 2 rings (SSSR count). The van der Waals surface area contributed by atoms with Crippen molar-refractivity contribution in [2.75, 3.05) is 5.32 Å². The van der Waals surface area contributed by atoms with E-state index in [0.717, 1.165) is 0 Å². The van der Waals surface area contributed by atoms with E-state index in [-0.39, 0.29) is 10.8 Å². The predicted octanol–water partition coefficient (Wildman–Crippen LogP) is 3.36. The van der Waals surface area contributed by atoms with Gasteiger partial charge in [0.05, 0.1) is 4.90 Å². The van der Waals surface area contributed by atoms with Crippen molar-refractivity contribution in [3.63, 3.8) is 0 Å². The van der Waals surface area contributed by atoms with Gasteiger partial charge in [0.1, 0.15) is 0 Å². The van der Waals surface area contributed by atoms with Gasteiger partial charge in [-0.25, -0.2) is 8.42 Å². The van der Waals surface area contributed by atoms with Gasteiger partial charge in [-0.05, 0) is 29.8 Å². The van der Waals surface area contributed by atoms with E-state index < -0.39 is 14.5 Å². The van der Waals surface area contributed by atoms with E-state index in [9.17, 15) is 13.2 Å². The Hall–Kier alpha value is -1.85. The molecule has 0 fully saturated rings.